The van der Waals surface area contributed by atoms with E-state index in [2.05, 4.69) is 15.0 Å². The van der Waals surface area contributed by atoms with E-state index in [1.54, 1.807) is 18.5 Å². The fraction of sp³-hybridized carbons (Fsp3) is 0.154. The fourth-order valence-electron chi connectivity index (χ4n) is 2.00. The normalized spacial score (nSPS) is 10.9. The van der Waals surface area contributed by atoms with Crippen LogP contribution in [0.1, 0.15) is 5.82 Å². The van der Waals surface area contributed by atoms with Crippen LogP contribution >= 0.6 is 0 Å². The van der Waals surface area contributed by atoms with Gasteiger partial charge < -0.3 is 5.73 Å². The molecule has 2 heterocycles. The highest BCUT2D eigenvalue weighted by Crippen LogP contribution is 2.19. The standard InChI is InChI=1S/C13H13N5/c14-7-6-12-17-10-4-1-2-5-11(10)18(12)13-15-8-3-9-16-13/h1-5,8-9H,6-7,14H2. The average Bonchev–Trinajstić information content (AvgIpc) is 2.78. The topological polar surface area (TPSA) is 69.6 Å². The van der Waals surface area contributed by atoms with Crippen LogP contribution < -0.4 is 5.73 Å². The summed E-state index contributed by atoms with van der Waals surface area (Å²) in [6.45, 7) is 0.552. The zero-order chi connectivity index (χ0) is 12.4. The maximum Gasteiger partial charge on any atom is 0.235 e. The highest BCUT2D eigenvalue weighted by atomic mass is 15.2. The predicted octanol–water partition coefficient (Wildman–Crippen LogP) is 1.32. The van der Waals surface area contributed by atoms with Crippen molar-refractivity contribution in [3.05, 3.63) is 48.5 Å². The van der Waals surface area contributed by atoms with Gasteiger partial charge in [0.05, 0.1) is 11.0 Å². The second-order valence-corrected chi connectivity index (χ2v) is 3.94. The van der Waals surface area contributed by atoms with Gasteiger partial charge in [-0.3, -0.25) is 4.57 Å². The van der Waals surface area contributed by atoms with Crippen LogP contribution in [0.25, 0.3) is 17.0 Å². The molecule has 0 amide bonds. The van der Waals surface area contributed by atoms with Gasteiger partial charge in [0.25, 0.3) is 0 Å². The van der Waals surface area contributed by atoms with Crippen molar-refractivity contribution >= 4 is 11.0 Å². The van der Waals surface area contributed by atoms with Crippen molar-refractivity contribution in [3.63, 3.8) is 0 Å². The fourth-order valence-corrected chi connectivity index (χ4v) is 2.00. The Morgan fingerprint density at radius 3 is 2.61 bits per heavy atom. The third-order valence-corrected chi connectivity index (χ3v) is 2.75. The second-order valence-electron chi connectivity index (χ2n) is 3.94. The third kappa shape index (κ3) is 1.74. The molecule has 1 aromatic carbocycles. The number of hydrogen-bond acceptors (Lipinski definition) is 4. The van der Waals surface area contributed by atoms with Gasteiger partial charge in [0.15, 0.2) is 0 Å². The lowest BCUT2D eigenvalue weighted by atomic mass is 10.3. The molecule has 18 heavy (non-hydrogen) atoms. The molecule has 0 aliphatic carbocycles. The molecule has 0 fully saturated rings. The lowest BCUT2D eigenvalue weighted by molar-refractivity contribution is 0.816. The molecule has 5 nitrogen and oxygen atoms in total. The number of benzene rings is 1. The molecular weight excluding hydrogens is 226 g/mol. The van der Waals surface area contributed by atoms with Crippen LogP contribution in [0, 0.1) is 0 Å². The predicted molar refractivity (Wildman–Crippen MR) is 69.4 cm³/mol. The van der Waals surface area contributed by atoms with Gasteiger partial charge in [0.1, 0.15) is 5.82 Å². The summed E-state index contributed by atoms with van der Waals surface area (Å²) < 4.78 is 1.96. The number of fused-ring (bicyclic) bond motifs is 1. The van der Waals surface area contributed by atoms with Crippen LogP contribution in [0.4, 0.5) is 0 Å². The van der Waals surface area contributed by atoms with E-state index in [0.717, 1.165) is 16.9 Å². The number of nitrogens with zero attached hydrogens (tertiary/aromatic N) is 4. The Morgan fingerprint density at radius 2 is 1.83 bits per heavy atom. The van der Waals surface area contributed by atoms with Crippen molar-refractivity contribution in [3.8, 4) is 5.95 Å². The maximum absolute atomic E-state index is 5.64. The molecule has 3 aromatic rings. The molecule has 2 N–H and O–H groups in total. The van der Waals surface area contributed by atoms with E-state index in [1.807, 2.05) is 28.8 Å². The van der Waals surface area contributed by atoms with Crippen LogP contribution in [0.2, 0.25) is 0 Å². The highest BCUT2D eigenvalue weighted by molar-refractivity contribution is 5.77. The molecule has 90 valence electrons. The molecule has 0 unspecified atom stereocenters. The van der Waals surface area contributed by atoms with Crippen LogP contribution in [0.5, 0.6) is 0 Å². The lowest BCUT2D eigenvalue weighted by Crippen LogP contribution is -2.10. The number of aromatic nitrogens is 4. The first-order valence-electron chi connectivity index (χ1n) is 5.84. The molecule has 2 aromatic heterocycles. The number of imidazole rings is 1. The van der Waals surface area contributed by atoms with E-state index in [-0.39, 0.29) is 0 Å². The van der Waals surface area contributed by atoms with E-state index in [0.29, 0.717) is 18.9 Å². The largest absolute Gasteiger partial charge is 0.330 e. The minimum absolute atomic E-state index is 0.552. The van der Waals surface area contributed by atoms with Crippen LogP contribution in [0.3, 0.4) is 0 Å². The molecule has 0 spiro atoms. The van der Waals surface area contributed by atoms with E-state index < -0.39 is 0 Å². The highest BCUT2D eigenvalue weighted by Gasteiger charge is 2.12. The van der Waals surface area contributed by atoms with Gasteiger partial charge in [0.2, 0.25) is 5.95 Å². The summed E-state index contributed by atoms with van der Waals surface area (Å²) in [6, 6.07) is 9.74. The Labute approximate surface area is 104 Å². The summed E-state index contributed by atoms with van der Waals surface area (Å²) in [7, 11) is 0. The molecule has 0 bridgehead atoms. The zero-order valence-corrected chi connectivity index (χ0v) is 9.82. The van der Waals surface area contributed by atoms with E-state index in [1.165, 1.54) is 0 Å². The Bertz CT molecular complexity index is 659. The first kappa shape index (κ1) is 10.9. The van der Waals surface area contributed by atoms with Gasteiger partial charge >= 0.3 is 0 Å². The number of hydrogen-bond donors (Lipinski definition) is 1. The van der Waals surface area contributed by atoms with Gasteiger partial charge in [-0.2, -0.15) is 0 Å². The molecule has 0 saturated carbocycles. The van der Waals surface area contributed by atoms with Crippen molar-refractivity contribution in [2.45, 2.75) is 6.42 Å². The number of rotatable bonds is 3. The van der Waals surface area contributed by atoms with E-state index >= 15 is 0 Å². The number of para-hydroxylation sites is 2. The Kier molecular flexibility index (Phi) is 2.74. The molecular formula is C13H13N5. The minimum Gasteiger partial charge on any atom is -0.330 e. The van der Waals surface area contributed by atoms with Gasteiger partial charge in [-0.05, 0) is 24.7 Å². The van der Waals surface area contributed by atoms with Crippen molar-refractivity contribution in [1.82, 2.24) is 19.5 Å². The van der Waals surface area contributed by atoms with Crippen molar-refractivity contribution in [1.29, 1.82) is 0 Å². The van der Waals surface area contributed by atoms with Gasteiger partial charge in [-0.25, -0.2) is 15.0 Å². The van der Waals surface area contributed by atoms with Crippen LogP contribution in [0.15, 0.2) is 42.7 Å². The SMILES string of the molecule is NCCc1nc2ccccc2n1-c1ncccn1. The monoisotopic (exact) mass is 239 g/mol. The number of nitrogens with two attached hydrogens (primary N) is 1. The summed E-state index contributed by atoms with van der Waals surface area (Å²) in [4.78, 5) is 13.2. The molecule has 0 atom stereocenters. The van der Waals surface area contributed by atoms with Crippen LogP contribution in [-0.2, 0) is 6.42 Å². The Morgan fingerprint density at radius 1 is 1.06 bits per heavy atom. The summed E-state index contributed by atoms with van der Waals surface area (Å²) in [5, 5.41) is 0. The van der Waals surface area contributed by atoms with E-state index in [9.17, 15) is 0 Å². The lowest BCUT2D eigenvalue weighted by Gasteiger charge is -2.05. The molecule has 0 radical (unpaired) electrons. The first-order valence-corrected chi connectivity index (χ1v) is 5.84. The smallest absolute Gasteiger partial charge is 0.235 e. The second kappa shape index (κ2) is 4.54. The quantitative estimate of drug-likeness (QED) is 0.748. The van der Waals surface area contributed by atoms with Gasteiger partial charge in [0, 0.05) is 18.8 Å². The average molecular weight is 239 g/mol. The molecule has 5 heteroatoms. The summed E-state index contributed by atoms with van der Waals surface area (Å²) in [6.07, 6.45) is 4.15. The van der Waals surface area contributed by atoms with Gasteiger partial charge in [-0.1, -0.05) is 12.1 Å². The first-order chi connectivity index (χ1) is 8.90. The van der Waals surface area contributed by atoms with Crippen LogP contribution in [-0.4, -0.2) is 26.1 Å². The van der Waals surface area contributed by atoms with Crippen molar-refractivity contribution in [2.75, 3.05) is 6.54 Å². The maximum atomic E-state index is 5.64. The molecule has 0 aliphatic rings. The minimum atomic E-state index is 0.552. The molecule has 3 rings (SSSR count). The Hall–Kier alpha value is -2.27. The zero-order valence-electron chi connectivity index (χ0n) is 9.82. The van der Waals surface area contributed by atoms with Crippen molar-refractivity contribution in [2.24, 2.45) is 5.73 Å². The van der Waals surface area contributed by atoms with Gasteiger partial charge in [-0.15, -0.1) is 0 Å². The molecule has 0 aliphatic heterocycles. The summed E-state index contributed by atoms with van der Waals surface area (Å²) >= 11 is 0. The Balaban J connectivity index is 2.28. The third-order valence-electron chi connectivity index (χ3n) is 2.75. The van der Waals surface area contributed by atoms with Crippen molar-refractivity contribution < 1.29 is 0 Å². The summed E-state index contributed by atoms with van der Waals surface area (Å²) in [5.41, 5.74) is 7.58. The van der Waals surface area contributed by atoms with E-state index in [4.69, 9.17) is 5.73 Å². The molecule has 0 saturated heterocycles. The summed E-state index contributed by atoms with van der Waals surface area (Å²) in [5.74, 6) is 1.53.